The Balaban J connectivity index is 1.95. The minimum atomic E-state index is -3.45. The maximum Gasteiger partial charge on any atom is 0.250 e. The summed E-state index contributed by atoms with van der Waals surface area (Å²) in [6, 6.07) is 3.41. The summed E-state index contributed by atoms with van der Waals surface area (Å²) in [6.45, 7) is 0.804. The summed E-state index contributed by atoms with van der Waals surface area (Å²) in [5, 5.41) is 7.65. The molecule has 0 aromatic carbocycles. The van der Waals surface area contributed by atoms with Gasteiger partial charge >= 0.3 is 0 Å². The number of hydrogen-bond acceptors (Lipinski definition) is 6. The molecule has 0 saturated heterocycles. The number of thiophene rings is 1. The van der Waals surface area contributed by atoms with Crippen molar-refractivity contribution in [3.8, 4) is 0 Å². The van der Waals surface area contributed by atoms with Crippen LogP contribution in [0.25, 0.3) is 0 Å². The lowest BCUT2D eigenvalue weighted by Gasteiger charge is -2.04. The highest BCUT2D eigenvalue weighted by molar-refractivity contribution is 7.91. The van der Waals surface area contributed by atoms with Crippen LogP contribution in [0.3, 0.4) is 0 Å². The summed E-state index contributed by atoms with van der Waals surface area (Å²) in [5.41, 5.74) is 5.45. The molecule has 20 heavy (non-hydrogen) atoms. The summed E-state index contributed by atoms with van der Waals surface area (Å²) in [4.78, 5) is 0.973. The van der Waals surface area contributed by atoms with Gasteiger partial charge in [0, 0.05) is 24.9 Å². The Morgan fingerprint density at radius 2 is 2.20 bits per heavy atom. The zero-order valence-corrected chi connectivity index (χ0v) is 12.7. The van der Waals surface area contributed by atoms with Crippen molar-refractivity contribution in [1.82, 2.24) is 19.5 Å². The maximum atomic E-state index is 12.1. The van der Waals surface area contributed by atoms with Crippen molar-refractivity contribution in [2.75, 3.05) is 13.1 Å². The first-order chi connectivity index (χ1) is 9.53. The van der Waals surface area contributed by atoms with E-state index in [0.717, 1.165) is 10.7 Å². The van der Waals surface area contributed by atoms with E-state index in [1.165, 1.54) is 11.3 Å². The first-order valence-corrected chi connectivity index (χ1v) is 8.44. The quantitative estimate of drug-likeness (QED) is 0.742. The third-order valence-electron chi connectivity index (χ3n) is 2.74. The van der Waals surface area contributed by atoms with Crippen LogP contribution in [-0.4, -0.2) is 36.3 Å². The Labute approximate surface area is 121 Å². The van der Waals surface area contributed by atoms with Crippen LogP contribution >= 0.6 is 11.3 Å². The number of nitrogens with zero attached hydrogens (tertiary/aromatic N) is 3. The highest BCUT2D eigenvalue weighted by atomic mass is 32.2. The SMILES string of the molecule is Cn1cnnc1CCNS(=O)(=O)c1ccc(CCN)s1. The number of sulfonamides is 1. The Hall–Kier alpha value is -1.29. The zero-order valence-electron chi connectivity index (χ0n) is 11.1. The second-order valence-corrected chi connectivity index (χ2v) is 7.43. The molecule has 0 amide bonds. The number of nitrogens with one attached hydrogen (secondary N) is 1. The molecule has 7 nitrogen and oxygen atoms in total. The van der Waals surface area contributed by atoms with Crippen molar-refractivity contribution in [3.05, 3.63) is 29.2 Å². The van der Waals surface area contributed by atoms with Crippen LogP contribution in [0.1, 0.15) is 10.7 Å². The number of rotatable bonds is 7. The van der Waals surface area contributed by atoms with E-state index in [1.807, 2.05) is 7.05 Å². The Morgan fingerprint density at radius 1 is 1.40 bits per heavy atom. The van der Waals surface area contributed by atoms with E-state index in [1.54, 1.807) is 23.0 Å². The van der Waals surface area contributed by atoms with Gasteiger partial charge in [0.2, 0.25) is 10.0 Å². The van der Waals surface area contributed by atoms with E-state index in [-0.39, 0.29) is 0 Å². The average molecular weight is 315 g/mol. The van der Waals surface area contributed by atoms with Gasteiger partial charge in [-0.2, -0.15) is 0 Å². The molecule has 0 spiro atoms. The first-order valence-electron chi connectivity index (χ1n) is 6.14. The summed E-state index contributed by atoms with van der Waals surface area (Å²) in [7, 11) is -1.63. The van der Waals surface area contributed by atoms with Crippen LogP contribution in [-0.2, 0) is 29.9 Å². The fraction of sp³-hybridized carbons (Fsp3) is 0.455. The second kappa shape index (κ2) is 6.44. The fourth-order valence-electron chi connectivity index (χ4n) is 1.68. The molecule has 0 bridgehead atoms. The minimum Gasteiger partial charge on any atom is -0.330 e. The van der Waals surface area contributed by atoms with E-state index in [4.69, 9.17) is 5.73 Å². The summed E-state index contributed by atoms with van der Waals surface area (Å²) in [6.07, 6.45) is 2.78. The Morgan fingerprint density at radius 3 is 2.85 bits per heavy atom. The molecule has 0 saturated carbocycles. The Kier molecular flexibility index (Phi) is 4.86. The lowest BCUT2D eigenvalue weighted by atomic mass is 10.3. The van der Waals surface area contributed by atoms with Crippen molar-refractivity contribution in [3.63, 3.8) is 0 Å². The highest BCUT2D eigenvalue weighted by Crippen LogP contribution is 2.21. The average Bonchev–Trinajstić information content (AvgIpc) is 3.00. The molecular weight excluding hydrogens is 298 g/mol. The summed E-state index contributed by atoms with van der Waals surface area (Å²) in [5.74, 6) is 0.739. The molecule has 0 atom stereocenters. The first kappa shape index (κ1) is 15.1. The monoisotopic (exact) mass is 315 g/mol. The molecule has 0 radical (unpaired) electrons. The molecule has 0 aliphatic heterocycles. The molecular formula is C11H17N5O2S2. The molecule has 2 rings (SSSR count). The molecule has 2 aromatic rings. The summed E-state index contributed by atoms with van der Waals surface area (Å²) < 4.78 is 28.8. The lowest BCUT2D eigenvalue weighted by molar-refractivity contribution is 0.582. The predicted octanol–water partition coefficient (Wildman–Crippen LogP) is -0.101. The third kappa shape index (κ3) is 3.63. The zero-order chi connectivity index (χ0) is 14.6. The van der Waals surface area contributed by atoms with Gasteiger partial charge in [0.05, 0.1) is 0 Å². The van der Waals surface area contributed by atoms with Crippen LogP contribution in [0, 0.1) is 0 Å². The molecule has 110 valence electrons. The minimum absolute atomic E-state index is 0.291. The van der Waals surface area contributed by atoms with Gasteiger partial charge < -0.3 is 10.3 Å². The number of hydrogen-bond donors (Lipinski definition) is 2. The van der Waals surface area contributed by atoms with Gasteiger partial charge in [-0.05, 0) is 25.1 Å². The lowest BCUT2D eigenvalue weighted by Crippen LogP contribution is -2.26. The molecule has 9 heteroatoms. The van der Waals surface area contributed by atoms with Crippen LogP contribution in [0.15, 0.2) is 22.7 Å². The molecule has 0 aliphatic carbocycles. The van der Waals surface area contributed by atoms with E-state index in [0.29, 0.717) is 30.1 Å². The van der Waals surface area contributed by atoms with Crippen molar-refractivity contribution in [2.24, 2.45) is 12.8 Å². The van der Waals surface area contributed by atoms with Crippen LogP contribution < -0.4 is 10.5 Å². The van der Waals surface area contributed by atoms with Gasteiger partial charge in [-0.3, -0.25) is 0 Å². The van der Waals surface area contributed by atoms with E-state index in [9.17, 15) is 8.42 Å². The predicted molar refractivity (Wildman–Crippen MR) is 77.0 cm³/mol. The number of aryl methyl sites for hydroxylation is 1. The molecule has 2 heterocycles. The smallest absolute Gasteiger partial charge is 0.250 e. The molecule has 0 aliphatic rings. The molecule has 0 fully saturated rings. The molecule has 3 N–H and O–H groups in total. The Bertz CT molecular complexity index is 662. The van der Waals surface area contributed by atoms with Crippen molar-refractivity contribution in [1.29, 1.82) is 0 Å². The third-order valence-corrected chi connectivity index (χ3v) is 5.84. The maximum absolute atomic E-state index is 12.1. The fourth-order valence-corrected chi connectivity index (χ4v) is 4.13. The normalized spacial score (nSPS) is 11.9. The largest absolute Gasteiger partial charge is 0.330 e. The summed E-state index contributed by atoms with van der Waals surface area (Å²) >= 11 is 1.25. The van der Waals surface area contributed by atoms with Gasteiger partial charge in [-0.1, -0.05) is 0 Å². The van der Waals surface area contributed by atoms with Crippen molar-refractivity contribution in [2.45, 2.75) is 17.1 Å². The number of nitrogens with two attached hydrogens (primary N) is 1. The standard InChI is InChI=1S/C11H17N5O2S2/c1-16-8-13-15-10(16)5-7-14-20(17,18)11-3-2-9(19-11)4-6-12/h2-3,8,14H,4-7,12H2,1H3. The van der Waals surface area contributed by atoms with E-state index in [2.05, 4.69) is 14.9 Å². The molecule has 0 unspecified atom stereocenters. The van der Waals surface area contributed by atoms with Gasteiger partial charge in [0.25, 0.3) is 0 Å². The molecule has 2 aromatic heterocycles. The van der Waals surface area contributed by atoms with Gasteiger partial charge in [-0.25, -0.2) is 13.1 Å². The number of aromatic nitrogens is 3. The van der Waals surface area contributed by atoms with Crippen LogP contribution in [0.2, 0.25) is 0 Å². The van der Waals surface area contributed by atoms with Crippen molar-refractivity contribution >= 4 is 21.4 Å². The topological polar surface area (TPSA) is 103 Å². The van der Waals surface area contributed by atoms with Crippen LogP contribution in [0.5, 0.6) is 0 Å². The van der Waals surface area contributed by atoms with Gasteiger partial charge in [0.1, 0.15) is 16.4 Å². The van der Waals surface area contributed by atoms with Crippen molar-refractivity contribution < 1.29 is 8.42 Å². The van der Waals surface area contributed by atoms with Gasteiger partial charge in [-0.15, -0.1) is 21.5 Å². The van der Waals surface area contributed by atoms with E-state index < -0.39 is 10.0 Å². The second-order valence-electron chi connectivity index (χ2n) is 4.27. The van der Waals surface area contributed by atoms with E-state index >= 15 is 0 Å². The highest BCUT2D eigenvalue weighted by Gasteiger charge is 2.16. The van der Waals surface area contributed by atoms with Crippen LogP contribution in [0.4, 0.5) is 0 Å². The van der Waals surface area contributed by atoms with Gasteiger partial charge in [0.15, 0.2) is 0 Å².